The predicted octanol–water partition coefficient (Wildman–Crippen LogP) is 4.78. The summed E-state index contributed by atoms with van der Waals surface area (Å²) in [6.45, 7) is 7.99. The van der Waals surface area contributed by atoms with Gasteiger partial charge < -0.3 is 9.47 Å². The average molecular weight is 503 g/mol. The van der Waals surface area contributed by atoms with Gasteiger partial charge in [0.1, 0.15) is 11.5 Å². The van der Waals surface area contributed by atoms with Gasteiger partial charge in [-0.25, -0.2) is 13.1 Å². The zero-order valence-electron chi connectivity index (χ0n) is 16.5. The van der Waals surface area contributed by atoms with Gasteiger partial charge in [-0.1, -0.05) is 13.8 Å². The Morgan fingerprint density at radius 1 is 0.963 bits per heavy atom. The van der Waals surface area contributed by atoms with Crippen LogP contribution in [0.5, 0.6) is 11.5 Å². The number of sulfonamides is 1. The van der Waals surface area contributed by atoms with Crippen LogP contribution in [0.1, 0.15) is 49.4 Å². The fourth-order valence-electron chi connectivity index (χ4n) is 2.99. The summed E-state index contributed by atoms with van der Waals surface area (Å²) in [6.07, 6.45) is 0. The molecule has 1 N–H and O–H groups in total. The predicted molar refractivity (Wildman–Crippen MR) is 116 cm³/mol. The molecule has 0 unspecified atom stereocenters. The maximum atomic E-state index is 12.8. The molecule has 27 heavy (non-hydrogen) atoms. The molecule has 0 aliphatic rings. The van der Waals surface area contributed by atoms with Crippen molar-refractivity contribution in [2.24, 2.45) is 0 Å². The van der Waals surface area contributed by atoms with Crippen molar-refractivity contribution in [3.63, 3.8) is 0 Å². The normalized spacial score (nSPS) is 12.9. The highest BCUT2D eigenvalue weighted by Gasteiger charge is 2.22. The number of halogens is 1. The lowest BCUT2D eigenvalue weighted by Gasteiger charge is -2.21. The summed E-state index contributed by atoms with van der Waals surface area (Å²) in [7, 11) is -0.451. The second-order valence-electron chi connectivity index (χ2n) is 6.74. The summed E-state index contributed by atoms with van der Waals surface area (Å²) in [5.74, 6) is 1.74. The van der Waals surface area contributed by atoms with E-state index in [9.17, 15) is 8.42 Å². The number of nitrogens with one attached hydrogen (secondary N) is 1. The standard InChI is InChI=1S/C20H26INO4S/c1-12(2)16-11-17(13(3)9-20(16)26-6)14(4)22-27(23,24)15-7-8-19(25-5)18(21)10-15/h7-12,14,22H,1-6H3/t14-/m1/s1. The molecule has 0 fully saturated rings. The molecule has 0 heterocycles. The molecule has 0 bridgehead atoms. The van der Waals surface area contributed by atoms with Crippen molar-refractivity contribution in [2.75, 3.05) is 14.2 Å². The van der Waals surface area contributed by atoms with Crippen LogP contribution in [-0.2, 0) is 10.0 Å². The quantitative estimate of drug-likeness (QED) is 0.553. The van der Waals surface area contributed by atoms with Gasteiger partial charge in [0.2, 0.25) is 10.0 Å². The summed E-state index contributed by atoms with van der Waals surface area (Å²) >= 11 is 2.06. The lowest BCUT2D eigenvalue weighted by atomic mass is 9.94. The molecule has 0 saturated heterocycles. The Morgan fingerprint density at radius 2 is 1.59 bits per heavy atom. The number of benzene rings is 2. The Kier molecular flexibility index (Phi) is 7.15. The second-order valence-corrected chi connectivity index (χ2v) is 9.62. The van der Waals surface area contributed by atoms with Crippen molar-refractivity contribution in [3.05, 3.63) is 50.6 Å². The van der Waals surface area contributed by atoms with Gasteiger partial charge in [0.05, 0.1) is 22.7 Å². The van der Waals surface area contributed by atoms with Crippen molar-refractivity contribution in [1.29, 1.82) is 0 Å². The Balaban J connectivity index is 2.37. The maximum Gasteiger partial charge on any atom is 0.241 e. The molecule has 1 atom stereocenters. The van der Waals surface area contributed by atoms with E-state index in [-0.39, 0.29) is 16.9 Å². The lowest BCUT2D eigenvalue weighted by Crippen LogP contribution is -2.27. The third-order valence-corrected chi connectivity index (χ3v) is 6.85. The zero-order valence-corrected chi connectivity index (χ0v) is 19.4. The fraction of sp³-hybridized carbons (Fsp3) is 0.400. The van der Waals surface area contributed by atoms with Crippen LogP contribution in [0.15, 0.2) is 35.2 Å². The van der Waals surface area contributed by atoms with Gasteiger partial charge >= 0.3 is 0 Å². The minimum Gasteiger partial charge on any atom is -0.496 e. The smallest absolute Gasteiger partial charge is 0.241 e. The third-order valence-electron chi connectivity index (χ3n) is 4.47. The van der Waals surface area contributed by atoms with Crippen molar-refractivity contribution >= 4 is 32.6 Å². The van der Waals surface area contributed by atoms with Crippen molar-refractivity contribution < 1.29 is 17.9 Å². The summed E-state index contributed by atoms with van der Waals surface area (Å²) in [5.41, 5.74) is 2.98. The Bertz CT molecular complexity index is 926. The monoisotopic (exact) mass is 503 g/mol. The van der Waals surface area contributed by atoms with E-state index in [1.165, 1.54) is 0 Å². The van der Waals surface area contributed by atoms with E-state index in [0.717, 1.165) is 26.0 Å². The summed E-state index contributed by atoms with van der Waals surface area (Å²) in [4.78, 5) is 0.217. The molecule has 148 valence electrons. The SMILES string of the molecule is COc1ccc(S(=O)(=O)N[C@H](C)c2cc(C(C)C)c(OC)cc2C)cc1I. The fourth-order valence-corrected chi connectivity index (χ4v) is 5.18. The summed E-state index contributed by atoms with van der Waals surface area (Å²) < 4.78 is 39.9. The molecule has 0 aliphatic carbocycles. The molecular weight excluding hydrogens is 477 g/mol. The molecule has 0 amide bonds. The van der Waals surface area contributed by atoms with E-state index in [2.05, 4.69) is 41.2 Å². The Morgan fingerprint density at radius 3 is 2.11 bits per heavy atom. The molecule has 0 aromatic heterocycles. The van der Waals surface area contributed by atoms with Gasteiger partial charge in [-0.15, -0.1) is 0 Å². The van der Waals surface area contributed by atoms with E-state index in [1.807, 2.05) is 26.0 Å². The largest absolute Gasteiger partial charge is 0.496 e. The van der Waals surface area contributed by atoms with Gasteiger partial charge in [-0.2, -0.15) is 0 Å². The van der Waals surface area contributed by atoms with Crippen LogP contribution in [0.2, 0.25) is 0 Å². The minimum absolute atomic E-state index is 0.217. The molecule has 2 rings (SSSR count). The molecule has 0 radical (unpaired) electrons. The van der Waals surface area contributed by atoms with Crippen LogP contribution in [-0.4, -0.2) is 22.6 Å². The number of aryl methyl sites for hydroxylation is 1. The molecule has 0 aliphatic heterocycles. The summed E-state index contributed by atoms with van der Waals surface area (Å²) in [6, 6.07) is 8.44. The minimum atomic E-state index is -3.66. The highest BCUT2D eigenvalue weighted by atomic mass is 127. The van der Waals surface area contributed by atoms with Crippen LogP contribution in [0.4, 0.5) is 0 Å². The first-order valence-electron chi connectivity index (χ1n) is 8.65. The number of hydrogen-bond acceptors (Lipinski definition) is 4. The molecule has 2 aromatic rings. The molecule has 7 heteroatoms. The van der Waals surface area contributed by atoms with Crippen LogP contribution in [0.3, 0.4) is 0 Å². The number of methoxy groups -OCH3 is 2. The van der Waals surface area contributed by atoms with Crippen LogP contribution in [0.25, 0.3) is 0 Å². The van der Waals surface area contributed by atoms with Crippen LogP contribution < -0.4 is 14.2 Å². The maximum absolute atomic E-state index is 12.8. The molecule has 0 spiro atoms. The first-order valence-corrected chi connectivity index (χ1v) is 11.2. The first-order chi connectivity index (χ1) is 12.6. The van der Waals surface area contributed by atoms with Gasteiger partial charge in [0, 0.05) is 6.04 Å². The highest BCUT2D eigenvalue weighted by Crippen LogP contribution is 2.33. The third kappa shape index (κ3) is 4.94. The van der Waals surface area contributed by atoms with Gasteiger partial charge in [-0.3, -0.25) is 0 Å². The highest BCUT2D eigenvalue weighted by molar-refractivity contribution is 14.1. The molecule has 2 aromatic carbocycles. The first kappa shape index (κ1) is 22.0. The molecular formula is C20H26INO4S. The Hall–Kier alpha value is -1.32. The molecule has 5 nitrogen and oxygen atoms in total. The van der Waals surface area contributed by atoms with Gasteiger partial charge in [0.15, 0.2) is 0 Å². The van der Waals surface area contributed by atoms with E-state index in [1.54, 1.807) is 32.4 Å². The van der Waals surface area contributed by atoms with Crippen molar-refractivity contribution in [1.82, 2.24) is 4.72 Å². The van der Waals surface area contributed by atoms with Crippen LogP contribution >= 0.6 is 22.6 Å². The van der Waals surface area contributed by atoms with E-state index >= 15 is 0 Å². The Labute approximate surface area is 175 Å². The molecule has 0 saturated carbocycles. The number of rotatable bonds is 7. The van der Waals surface area contributed by atoms with Crippen LogP contribution in [0, 0.1) is 10.5 Å². The summed E-state index contributed by atoms with van der Waals surface area (Å²) in [5, 5.41) is 0. The lowest BCUT2D eigenvalue weighted by molar-refractivity contribution is 0.406. The van der Waals surface area contributed by atoms with Crippen molar-refractivity contribution in [3.8, 4) is 11.5 Å². The average Bonchev–Trinajstić information content (AvgIpc) is 2.60. The van der Waals surface area contributed by atoms with Gasteiger partial charge in [-0.05, 0) is 89.4 Å². The zero-order chi connectivity index (χ0) is 20.4. The number of ether oxygens (including phenoxy) is 2. The number of hydrogen-bond donors (Lipinski definition) is 1. The van der Waals surface area contributed by atoms with Crippen molar-refractivity contribution in [2.45, 2.75) is 44.6 Å². The van der Waals surface area contributed by atoms with Gasteiger partial charge in [0.25, 0.3) is 0 Å². The van der Waals surface area contributed by atoms with E-state index < -0.39 is 10.0 Å². The topological polar surface area (TPSA) is 64.6 Å². The van der Waals surface area contributed by atoms with E-state index in [4.69, 9.17) is 9.47 Å². The second kappa shape index (κ2) is 8.79. The van der Waals surface area contributed by atoms with E-state index in [0.29, 0.717) is 5.75 Å².